The summed E-state index contributed by atoms with van der Waals surface area (Å²) in [6.07, 6.45) is 2.34. The predicted octanol–water partition coefficient (Wildman–Crippen LogP) is 3.72. The van der Waals surface area contributed by atoms with Gasteiger partial charge in [0.25, 0.3) is 0 Å². The number of benzene rings is 1. The fourth-order valence-electron chi connectivity index (χ4n) is 4.24. The third-order valence-electron chi connectivity index (χ3n) is 5.58. The van der Waals surface area contributed by atoms with Crippen LogP contribution in [0.1, 0.15) is 58.4 Å². The van der Waals surface area contributed by atoms with E-state index < -0.39 is 0 Å². The fraction of sp³-hybridized carbons (Fsp3) is 0.636. The molecule has 4 atom stereocenters. The van der Waals surface area contributed by atoms with Gasteiger partial charge in [-0.1, -0.05) is 39.8 Å². The summed E-state index contributed by atoms with van der Waals surface area (Å²) in [5.41, 5.74) is 1.01. The molecule has 1 N–H and O–H groups in total. The van der Waals surface area contributed by atoms with Gasteiger partial charge in [-0.15, -0.1) is 0 Å². The fourth-order valence-corrected chi connectivity index (χ4v) is 4.24. The van der Waals surface area contributed by atoms with Gasteiger partial charge in [-0.05, 0) is 54.7 Å². The van der Waals surface area contributed by atoms with Crippen molar-refractivity contribution in [3.8, 4) is 0 Å². The van der Waals surface area contributed by atoms with E-state index in [-0.39, 0.29) is 41.6 Å². The largest absolute Gasteiger partial charge is 0.350 e. The van der Waals surface area contributed by atoms with Crippen LogP contribution in [0, 0.1) is 23.6 Å². The molecule has 1 aliphatic carbocycles. The van der Waals surface area contributed by atoms with Gasteiger partial charge in [-0.2, -0.15) is 0 Å². The third kappa shape index (κ3) is 4.69. The van der Waals surface area contributed by atoms with E-state index in [4.69, 9.17) is 0 Å². The van der Waals surface area contributed by atoms with Gasteiger partial charge >= 0.3 is 0 Å². The van der Waals surface area contributed by atoms with E-state index in [9.17, 15) is 14.0 Å². The number of nitrogens with zero attached hydrogens (tertiary/aromatic N) is 1. The van der Waals surface area contributed by atoms with Crippen molar-refractivity contribution in [1.82, 2.24) is 10.2 Å². The van der Waals surface area contributed by atoms with Gasteiger partial charge in [0.1, 0.15) is 11.9 Å². The second-order valence-corrected chi connectivity index (χ2v) is 8.97. The Morgan fingerprint density at radius 3 is 2.37 bits per heavy atom. The van der Waals surface area contributed by atoms with Gasteiger partial charge in [-0.25, -0.2) is 4.39 Å². The maximum absolute atomic E-state index is 13.3. The van der Waals surface area contributed by atoms with E-state index in [1.807, 2.05) is 4.90 Å². The Labute approximate surface area is 161 Å². The van der Waals surface area contributed by atoms with Crippen LogP contribution in [-0.2, 0) is 9.59 Å². The molecule has 1 saturated heterocycles. The maximum atomic E-state index is 13.3. The number of amides is 2. The van der Waals surface area contributed by atoms with Gasteiger partial charge < -0.3 is 10.2 Å². The van der Waals surface area contributed by atoms with Gasteiger partial charge in [0.2, 0.25) is 11.8 Å². The Bertz CT molecular complexity index is 686. The standard InChI is InChI=1S/C22H31FN2O2/c1-13(2)9-17-12-25(20(10-14(3)4)21(26)24-17)22(27)19-11-18(19)15-5-7-16(23)8-6-15/h5-8,13-14,17-20H,9-12H2,1-4H3,(H,24,26). The number of carbonyl (C=O) groups excluding carboxylic acids is 2. The summed E-state index contributed by atoms with van der Waals surface area (Å²) in [5.74, 6) is 0.656. The SMILES string of the molecule is CC(C)CC1CN(C(=O)C2CC2c2ccc(F)cc2)C(CC(C)C)C(=O)N1. The van der Waals surface area contributed by atoms with Gasteiger partial charge in [-0.3, -0.25) is 9.59 Å². The molecule has 1 aromatic rings. The number of hydrogen-bond donors (Lipinski definition) is 1. The summed E-state index contributed by atoms with van der Waals surface area (Å²) >= 11 is 0. The van der Waals surface area contributed by atoms with Crippen molar-refractivity contribution in [3.63, 3.8) is 0 Å². The number of carbonyl (C=O) groups is 2. The van der Waals surface area contributed by atoms with E-state index in [0.717, 1.165) is 18.4 Å². The molecule has 3 rings (SSSR count). The van der Waals surface area contributed by atoms with E-state index in [1.54, 1.807) is 12.1 Å². The molecule has 0 radical (unpaired) electrons. The normalized spacial score (nSPS) is 27.8. The molecule has 1 saturated carbocycles. The first kappa shape index (κ1) is 19.8. The number of halogens is 1. The molecule has 5 heteroatoms. The molecule has 2 aliphatic rings. The van der Waals surface area contributed by atoms with Gasteiger partial charge in [0, 0.05) is 18.5 Å². The van der Waals surface area contributed by atoms with Crippen molar-refractivity contribution in [2.24, 2.45) is 17.8 Å². The topological polar surface area (TPSA) is 49.4 Å². The quantitative estimate of drug-likeness (QED) is 0.825. The lowest BCUT2D eigenvalue weighted by Crippen LogP contribution is -2.62. The third-order valence-corrected chi connectivity index (χ3v) is 5.58. The van der Waals surface area contributed by atoms with Gasteiger partial charge in [0.05, 0.1) is 0 Å². The van der Waals surface area contributed by atoms with Crippen molar-refractivity contribution >= 4 is 11.8 Å². The Balaban J connectivity index is 1.74. The summed E-state index contributed by atoms with van der Waals surface area (Å²) in [7, 11) is 0. The van der Waals surface area contributed by atoms with Crippen LogP contribution in [0.15, 0.2) is 24.3 Å². The molecule has 0 spiro atoms. The van der Waals surface area contributed by atoms with Crippen molar-refractivity contribution in [3.05, 3.63) is 35.6 Å². The monoisotopic (exact) mass is 374 g/mol. The molecule has 0 bridgehead atoms. The van der Waals surface area contributed by atoms with Crippen LogP contribution in [0.5, 0.6) is 0 Å². The number of rotatable bonds is 6. The highest BCUT2D eigenvalue weighted by Gasteiger charge is 2.49. The highest BCUT2D eigenvalue weighted by molar-refractivity contribution is 5.91. The Morgan fingerprint density at radius 2 is 1.78 bits per heavy atom. The molecule has 27 heavy (non-hydrogen) atoms. The summed E-state index contributed by atoms with van der Waals surface area (Å²) in [4.78, 5) is 27.8. The Morgan fingerprint density at radius 1 is 1.15 bits per heavy atom. The van der Waals surface area contributed by atoms with Crippen LogP contribution in [-0.4, -0.2) is 35.3 Å². The zero-order chi connectivity index (χ0) is 19.7. The highest BCUT2D eigenvalue weighted by atomic mass is 19.1. The van der Waals surface area contributed by atoms with Crippen LogP contribution in [0.2, 0.25) is 0 Å². The lowest BCUT2D eigenvalue weighted by atomic mass is 9.94. The van der Waals surface area contributed by atoms with E-state index >= 15 is 0 Å². The smallest absolute Gasteiger partial charge is 0.243 e. The van der Waals surface area contributed by atoms with Crippen molar-refractivity contribution < 1.29 is 14.0 Å². The molecule has 0 aromatic heterocycles. The Hall–Kier alpha value is -1.91. The van der Waals surface area contributed by atoms with Crippen LogP contribution in [0.3, 0.4) is 0 Å². The van der Waals surface area contributed by atoms with E-state index in [1.165, 1.54) is 12.1 Å². The molecule has 2 amide bonds. The summed E-state index contributed by atoms with van der Waals surface area (Å²) in [6, 6.07) is 6.07. The number of hydrogen-bond acceptors (Lipinski definition) is 2. The minimum atomic E-state index is -0.379. The second kappa shape index (κ2) is 7.99. The molecule has 1 aromatic carbocycles. The minimum Gasteiger partial charge on any atom is -0.350 e. The van der Waals surface area contributed by atoms with E-state index in [2.05, 4.69) is 33.0 Å². The van der Waals surface area contributed by atoms with Crippen molar-refractivity contribution in [2.45, 2.75) is 65.0 Å². The second-order valence-electron chi connectivity index (χ2n) is 8.97. The first-order chi connectivity index (χ1) is 12.8. The maximum Gasteiger partial charge on any atom is 0.243 e. The van der Waals surface area contributed by atoms with Crippen molar-refractivity contribution in [2.75, 3.05) is 6.54 Å². The summed E-state index contributed by atoms with van der Waals surface area (Å²) in [6.45, 7) is 9.00. The predicted molar refractivity (Wildman–Crippen MR) is 104 cm³/mol. The molecule has 148 valence electrons. The lowest BCUT2D eigenvalue weighted by molar-refractivity contribution is -0.146. The summed E-state index contributed by atoms with van der Waals surface area (Å²) < 4.78 is 13.2. The van der Waals surface area contributed by atoms with Crippen LogP contribution < -0.4 is 5.32 Å². The highest BCUT2D eigenvalue weighted by Crippen LogP contribution is 2.49. The zero-order valence-electron chi connectivity index (χ0n) is 16.7. The number of nitrogens with one attached hydrogen (secondary N) is 1. The number of piperazine rings is 1. The lowest BCUT2D eigenvalue weighted by Gasteiger charge is -2.41. The molecular formula is C22H31FN2O2. The van der Waals surface area contributed by atoms with Gasteiger partial charge in [0.15, 0.2) is 0 Å². The average Bonchev–Trinajstić information content (AvgIpc) is 3.37. The van der Waals surface area contributed by atoms with Crippen LogP contribution in [0.25, 0.3) is 0 Å². The molecule has 4 unspecified atom stereocenters. The molecule has 4 nitrogen and oxygen atoms in total. The van der Waals surface area contributed by atoms with Crippen molar-refractivity contribution in [1.29, 1.82) is 0 Å². The first-order valence-electron chi connectivity index (χ1n) is 10.1. The van der Waals surface area contributed by atoms with E-state index in [0.29, 0.717) is 24.8 Å². The average molecular weight is 375 g/mol. The minimum absolute atomic E-state index is 0.0204. The Kier molecular flexibility index (Phi) is 5.87. The summed E-state index contributed by atoms with van der Waals surface area (Å²) in [5, 5.41) is 3.12. The first-order valence-corrected chi connectivity index (χ1v) is 10.1. The molecule has 1 aliphatic heterocycles. The van der Waals surface area contributed by atoms with Crippen LogP contribution >= 0.6 is 0 Å². The van der Waals surface area contributed by atoms with Crippen LogP contribution in [0.4, 0.5) is 4.39 Å². The molecule has 1 heterocycles. The molecular weight excluding hydrogens is 343 g/mol. The molecule has 2 fully saturated rings. The zero-order valence-corrected chi connectivity index (χ0v) is 16.7.